The van der Waals surface area contributed by atoms with Gasteiger partial charge in [-0.15, -0.1) is 0 Å². The predicted octanol–water partition coefficient (Wildman–Crippen LogP) is 4.55. The number of imide groups is 2. The van der Waals surface area contributed by atoms with E-state index in [1.165, 1.54) is 17.2 Å². The average molecular weight is 426 g/mol. The van der Waals surface area contributed by atoms with Gasteiger partial charge in [0.15, 0.2) is 0 Å². The molecule has 0 atom stereocenters. The Morgan fingerprint density at radius 3 is 2.28 bits per heavy atom. The number of benzene rings is 3. The minimum atomic E-state index is -0.765. The smallest absolute Gasteiger partial charge is 0.335 e. The monoisotopic (exact) mass is 426 g/mol. The minimum absolute atomic E-state index is 0.114. The number of amides is 4. The molecule has 0 spiro atoms. The summed E-state index contributed by atoms with van der Waals surface area (Å²) in [7, 11) is 0. The maximum Gasteiger partial charge on any atom is 0.335 e. The lowest BCUT2D eigenvalue weighted by Crippen LogP contribution is -2.54. The summed E-state index contributed by atoms with van der Waals surface area (Å²) >= 11 is 0. The van der Waals surface area contributed by atoms with Crippen LogP contribution in [0.15, 0.2) is 78.4 Å². The highest BCUT2D eigenvalue weighted by Gasteiger charge is 2.36. The second-order valence-corrected chi connectivity index (χ2v) is 7.57. The molecule has 1 heterocycles. The summed E-state index contributed by atoms with van der Waals surface area (Å²) in [4.78, 5) is 38.4. The highest BCUT2D eigenvalue weighted by molar-refractivity contribution is 6.39. The van der Waals surface area contributed by atoms with E-state index in [4.69, 9.17) is 4.74 Å². The van der Waals surface area contributed by atoms with Gasteiger partial charge in [-0.2, -0.15) is 0 Å². The Labute approximate surface area is 186 Å². The summed E-state index contributed by atoms with van der Waals surface area (Å²) < 4.78 is 5.84. The van der Waals surface area contributed by atoms with Crippen LogP contribution in [0, 0.1) is 13.8 Å². The van der Waals surface area contributed by atoms with Gasteiger partial charge in [-0.1, -0.05) is 48.5 Å². The van der Waals surface area contributed by atoms with Gasteiger partial charge in [-0.05, 0) is 66.4 Å². The Balaban J connectivity index is 1.50. The number of ether oxygens (including phenoxy) is 1. The number of anilines is 1. The number of para-hydroxylation sites is 1. The molecule has 6 heteroatoms. The maximum atomic E-state index is 12.9. The summed E-state index contributed by atoms with van der Waals surface area (Å²) in [6, 6.07) is 21.0. The van der Waals surface area contributed by atoms with Gasteiger partial charge in [0, 0.05) is 0 Å². The normalized spacial score (nSPS) is 15.1. The van der Waals surface area contributed by atoms with Crippen molar-refractivity contribution >= 4 is 29.6 Å². The molecular weight excluding hydrogens is 404 g/mol. The molecule has 0 bridgehead atoms. The molecule has 0 unspecified atom stereocenters. The number of rotatable bonds is 5. The summed E-state index contributed by atoms with van der Waals surface area (Å²) in [5.41, 5.74) is 4.45. The summed E-state index contributed by atoms with van der Waals surface area (Å²) in [6.45, 7) is 4.58. The fourth-order valence-corrected chi connectivity index (χ4v) is 3.36. The quantitative estimate of drug-likeness (QED) is 0.480. The van der Waals surface area contributed by atoms with E-state index in [-0.39, 0.29) is 5.57 Å². The van der Waals surface area contributed by atoms with Crippen molar-refractivity contribution in [1.29, 1.82) is 0 Å². The molecule has 0 aliphatic carbocycles. The first-order valence-corrected chi connectivity index (χ1v) is 10.2. The molecule has 4 rings (SSSR count). The zero-order valence-corrected chi connectivity index (χ0v) is 17.8. The van der Waals surface area contributed by atoms with Crippen LogP contribution in [0.3, 0.4) is 0 Å². The number of hydrogen-bond donors (Lipinski definition) is 1. The Bertz CT molecular complexity index is 1210. The highest BCUT2D eigenvalue weighted by Crippen LogP contribution is 2.22. The molecule has 0 aromatic heterocycles. The van der Waals surface area contributed by atoms with E-state index in [1.807, 2.05) is 6.07 Å². The number of nitrogens with zero attached hydrogens (tertiary/aromatic N) is 1. The average Bonchev–Trinajstić information content (AvgIpc) is 2.79. The Morgan fingerprint density at radius 1 is 0.875 bits per heavy atom. The molecular formula is C26H22N2O4. The van der Waals surface area contributed by atoms with Crippen LogP contribution in [-0.2, 0) is 16.2 Å². The first-order chi connectivity index (χ1) is 15.4. The van der Waals surface area contributed by atoms with Crippen LogP contribution in [0.2, 0.25) is 0 Å². The van der Waals surface area contributed by atoms with Gasteiger partial charge in [0.2, 0.25) is 0 Å². The van der Waals surface area contributed by atoms with E-state index in [0.717, 1.165) is 10.5 Å². The van der Waals surface area contributed by atoms with Gasteiger partial charge in [-0.25, -0.2) is 9.69 Å². The Hall–Kier alpha value is -4.19. The van der Waals surface area contributed by atoms with Crippen LogP contribution < -0.4 is 15.0 Å². The lowest BCUT2D eigenvalue weighted by atomic mass is 10.1. The molecule has 6 nitrogen and oxygen atoms in total. The molecule has 0 radical (unpaired) electrons. The first-order valence-electron chi connectivity index (χ1n) is 10.2. The van der Waals surface area contributed by atoms with E-state index in [1.54, 1.807) is 54.6 Å². The largest absolute Gasteiger partial charge is 0.489 e. The van der Waals surface area contributed by atoms with Crippen LogP contribution >= 0.6 is 0 Å². The van der Waals surface area contributed by atoms with E-state index in [9.17, 15) is 14.4 Å². The molecule has 1 fully saturated rings. The Morgan fingerprint density at radius 2 is 1.59 bits per heavy atom. The second kappa shape index (κ2) is 8.89. The van der Waals surface area contributed by atoms with Crippen molar-refractivity contribution in [3.63, 3.8) is 0 Å². The van der Waals surface area contributed by atoms with Crippen LogP contribution in [0.5, 0.6) is 5.75 Å². The van der Waals surface area contributed by atoms with Crippen molar-refractivity contribution in [1.82, 2.24) is 5.32 Å². The second-order valence-electron chi connectivity index (χ2n) is 7.57. The SMILES string of the molecule is Cc1ccc(COc2ccc(/C=C3\C(=O)NC(=O)N(c4ccccc4)C3=O)cc2)cc1C. The molecule has 32 heavy (non-hydrogen) atoms. The predicted molar refractivity (Wildman–Crippen MR) is 122 cm³/mol. The van der Waals surface area contributed by atoms with Crippen molar-refractivity contribution in [2.45, 2.75) is 20.5 Å². The first kappa shape index (κ1) is 21.1. The zero-order chi connectivity index (χ0) is 22.7. The van der Waals surface area contributed by atoms with Crippen molar-refractivity contribution in [3.8, 4) is 5.75 Å². The van der Waals surface area contributed by atoms with Gasteiger partial charge in [0.25, 0.3) is 11.8 Å². The van der Waals surface area contributed by atoms with Crippen molar-refractivity contribution in [2.75, 3.05) is 4.90 Å². The third-order valence-corrected chi connectivity index (χ3v) is 5.28. The molecule has 4 amide bonds. The van der Waals surface area contributed by atoms with Crippen LogP contribution in [0.25, 0.3) is 6.08 Å². The van der Waals surface area contributed by atoms with Gasteiger partial charge < -0.3 is 4.74 Å². The molecule has 1 aliphatic heterocycles. The standard InChI is InChI=1S/C26H22N2O4/c1-17-8-9-20(14-18(17)2)16-32-22-12-10-19(11-13-22)15-23-24(29)27-26(31)28(25(23)30)21-6-4-3-5-7-21/h3-15H,16H2,1-2H3,(H,27,29,31)/b23-15+. The fraction of sp³-hybridized carbons (Fsp3) is 0.115. The summed E-state index contributed by atoms with van der Waals surface area (Å²) in [5.74, 6) is -0.715. The topological polar surface area (TPSA) is 75.7 Å². The number of carbonyl (C=O) groups excluding carboxylic acids is 3. The molecule has 1 aliphatic rings. The highest BCUT2D eigenvalue weighted by atomic mass is 16.5. The fourth-order valence-electron chi connectivity index (χ4n) is 3.36. The lowest BCUT2D eigenvalue weighted by molar-refractivity contribution is -0.122. The summed E-state index contributed by atoms with van der Waals surface area (Å²) in [5, 5.41) is 2.22. The minimum Gasteiger partial charge on any atom is -0.489 e. The number of aryl methyl sites for hydroxylation is 2. The van der Waals surface area contributed by atoms with E-state index in [2.05, 4.69) is 31.3 Å². The Kier molecular flexibility index (Phi) is 5.85. The van der Waals surface area contributed by atoms with E-state index >= 15 is 0 Å². The van der Waals surface area contributed by atoms with Crippen molar-refractivity contribution < 1.29 is 19.1 Å². The molecule has 160 valence electrons. The third-order valence-electron chi connectivity index (χ3n) is 5.28. The molecule has 0 saturated carbocycles. The number of barbiturate groups is 1. The van der Waals surface area contributed by atoms with Crippen molar-refractivity contribution in [3.05, 3.63) is 101 Å². The van der Waals surface area contributed by atoms with Crippen LogP contribution in [-0.4, -0.2) is 17.8 Å². The maximum absolute atomic E-state index is 12.9. The number of carbonyl (C=O) groups is 3. The van der Waals surface area contributed by atoms with Crippen LogP contribution in [0.4, 0.5) is 10.5 Å². The third kappa shape index (κ3) is 4.44. The van der Waals surface area contributed by atoms with Gasteiger partial charge >= 0.3 is 6.03 Å². The molecule has 1 N–H and O–H groups in total. The van der Waals surface area contributed by atoms with E-state index in [0.29, 0.717) is 23.6 Å². The molecule has 3 aromatic rings. The zero-order valence-electron chi connectivity index (χ0n) is 17.8. The number of urea groups is 1. The summed E-state index contributed by atoms with van der Waals surface area (Å²) in [6.07, 6.45) is 1.47. The number of nitrogens with one attached hydrogen (secondary N) is 1. The van der Waals surface area contributed by atoms with Gasteiger partial charge in [0.05, 0.1) is 5.69 Å². The number of hydrogen-bond acceptors (Lipinski definition) is 4. The molecule has 1 saturated heterocycles. The van der Waals surface area contributed by atoms with Crippen molar-refractivity contribution in [2.24, 2.45) is 0 Å². The lowest BCUT2D eigenvalue weighted by Gasteiger charge is -2.26. The van der Waals surface area contributed by atoms with E-state index < -0.39 is 17.8 Å². The van der Waals surface area contributed by atoms with Crippen LogP contribution in [0.1, 0.15) is 22.3 Å². The molecule has 3 aromatic carbocycles. The van der Waals surface area contributed by atoms with Gasteiger partial charge in [0.1, 0.15) is 17.9 Å². The van der Waals surface area contributed by atoms with Gasteiger partial charge in [-0.3, -0.25) is 14.9 Å².